The van der Waals surface area contributed by atoms with Gasteiger partial charge in [0, 0.05) is 18.2 Å². The van der Waals surface area contributed by atoms with Crippen LogP contribution < -0.4 is 10.0 Å². The molecule has 0 aliphatic heterocycles. The van der Waals surface area contributed by atoms with Crippen LogP contribution in [0.5, 0.6) is 0 Å². The topological polar surface area (TPSA) is 75.3 Å². The van der Waals surface area contributed by atoms with Crippen LogP contribution in [0, 0.1) is 5.92 Å². The minimum atomic E-state index is -3.54. The van der Waals surface area contributed by atoms with E-state index in [0.717, 1.165) is 19.3 Å². The summed E-state index contributed by atoms with van der Waals surface area (Å²) >= 11 is 0. The molecule has 5 nitrogen and oxygen atoms in total. The highest BCUT2D eigenvalue weighted by Gasteiger charge is 2.21. The zero-order valence-electron chi connectivity index (χ0n) is 13.1. The molecule has 1 amide bonds. The summed E-state index contributed by atoms with van der Waals surface area (Å²) in [5.74, 6) is 0.423. The molecule has 1 aromatic carbocycles. The molecular weight excluding hydrogens is 300 g/mol. The number of hydrogen-bond donors (Lipinski definition) is 2. The molecule has 0 saturated heterocycles. The van der Waals surface area contributed by atoms with Crippen LogP contribution in [0.2, 0.25) is 0 Å². The quantitative estimate of drug-likeness (QED) is 0.872. The Bertz CT molecular complexity index is 628. The highest BCUT2D eigenvalue weighted by atomic mass is 32.2. The molecule has 0 spiro atoms. The van der Waals surface area contributed by atoms with E-state index in [0.29, 0.717) is 18.0 Å². The van der Waals surface area contributed by atoms with E-state index >= 15 is 0 Å². The Hall–Kier alpha value is -1.40. The molecule has 6 heteroatoms. The average Bonchev–Trinajstić information content (AvgIpc) is 2.47. The lowest BCUT2D eigenvalue weighted by atomic mass is 9.87. The standard InChI is InChI=1S/C16H24N2O3S/c1-3-17-22(20,21)15-9-5-7-13(11-15)16(19)18-14-8-4-6-12(2)10-14/h5,7,9,11-12,14,17H,3-4,6,8,10H2,1-2H3,(H,18,19). The maximum atomic E-state index is 12.3. The lowest BCUT2D eigenvalue weighted by Crippen LogP contribution is -2.38. The van der Waals surface area contributed by atoms with E-state index in [1.165, 1.54) is 18.6 Å². The summed E-state index contributed by atoms with van der Waals surface area (Å²) in [5.41, 5.74) is 0.386. The van der Waals surface area contributed by atoms with Crippen molar-refractivity contribution < 1.29 is 13.2 Å². The van der Waals surface area contributed by atoms with Gasteiger partial charge in [-0.15, -0.1) is 0 Å². The Morgan fingerprint density at radius 3 is 2.77 bits per heavy atom. The number of carbonyl (C=O) groups excluding carboxylic acids is 1. The third kappa shape index (κ3) is 4.30. The minimum Gasteiger partial charge on any atom is -0.349 e. The van der Waals surface area contributed by atoms with Crippen LogP contribution in [0.25, 0.3) is 0 Å². The van der Waals surface area contributed by atoms with Gasteiger partial charge in [0.1, 0.15) is 0 Å². The van der Waals surface area contributed by atoms with Gasteiger partial charge in [0.05, 0.1) is 4.90 Å². The second kappa shape index (κ2) is 7.24. The van der Waals surface area contributed by atoms with E-state index in [1.807, 2.05) is 0 Å². The van der Waals surface area contributed by atoms with E-state index < -0.39 is 10.0 Å². The molecule has 1 fully saturated rings. The molecule has 1 aliphatic rings. The van der Waals surface area contributed by atoms with Gasteiger partial charge in [-0.25, -0.2) is 13.1 Å². The number of hydrogen-bond acceptors (Lipinski definition) is 3. The SMILES string of the molecule is CCNS(=O)(=O)c1cccc(C(=O)NC2CCCC(C)C2)c1. The summed E-state index contributed by atoms with van der Waals surface area (Å²) in [5, 5.41) is 3.02. The molecule has 0 heterocycles. The number of amides is 1. The number of carbonyl (C=O) groups is 1. The first-order valence-electron chi connectivity index (χ1n) is 7.83. The van der Waals surface area contributed by atoms with Crippen LogP contribution in [-0.4, -0.2) is 26.9 Å². The lowest BCUT2D eigenvalue weighted by molar-refractivity contribution is 0.0921. The largest absolute Gasteiger partial charge is 0.349 e. The maximum Gasteiger partial charge on any atom is 0.251 e. The molecule has 2 atom stereocenters. The molecule has 2 unspecified atom stereocenters. The number of rotatable bonds is 5. The molecule has 0 bridgehead atoms. The van der Waals surface area contributed by atoms with Crippen molar-refractivity contribution in [2.75, 3.05) is 6.54 Å². The summed E-state index contributed by atoms with van der Waals surface area (Å²) in [6.07, 6.45) is 4.32. The van der Waals surface area contributed by atoms with Gasteiger partial charge in [0.15, 0.2) is 0 Å². The summed E-state index contributed by atoms with van der Waals surface area (Å²) in [6.45, 7) is 4.24. The van der Waals surface area contributed by atoms with Gasteiger partial charge in [-0.2, -0.15) is 0 Å². The third-order valence-corrected chi connectivity index (χ3v) is 5.56. The Morgan fingerprint density at radius 1 is 1.32 bits per heavy atom. The Balaban J connectivity index is 2.10. The maximum absolute atomic E-state index is 12.3. The smallest absolute Gasteiger partial charge is 0.251 e. The van der Waals surface area contributed by atoms with Crippen LogP contribution in [-0.2, 0) is 10.0 Å². The van der Waals surface area contributed by atoms with Gasteiger partial charge < -0.3 is 5.32 Å². The first-order chi connectivity index (χ1) is 10.4. The van der Waals surface area contributed by atoms with Crippen molar-refractivity contribution >= 4 is 15.9 Å². The first-order valence-corrected chi connectivity index (χ1v) is 9.31. The average molecular weight is 324 g/mol. The third-order valence-electron chi connectivity index (χ3n) is 4.01. The Morgan fingerprint density at radius 2 is 2.09 bits per heavy atom. The lowest BCUT2D eigenvalue weighted by Gasteiger charge is -2.27. The normalized spacial score (nSPS) is 22.3. The Kier molecular flexibility index (Phi) is 5.58. The van der Waals surface area contributed by atoms with Crippen molar-refractivity contribution in [1.82, 2.24) is 10.0 Å². The second-order valence-corrected chi connectivity index (χ2v) is 7.74. The fourth-order valence-corrected chi connectivity index (χ4v) is 4.00. The van der Waals surface area contributed by atoms with Crippen molar-refractivity contribution in [1.29, 1.82) is 0 Å². The van der Waals surface area contributed by atoms with E-state index in [9.17, 15) is 13.2 Å². The van der Waals surface area contributed by atoms with Crippen molar-refractivity contribution in [3.8, 4) is 0 Å². The van der Waals surface area contributed by atoms with Crippen molar-refractivity contribution in [3.05, 3.63) is 29.8 Å². The number of nitrogens with one attached hydrogen (secondary N) is 2. The van der Waals surface area contributed by atoms with Crippen molar-refractivity contribution in [2.45, 2.75) is 50.5 Å². The predicted molar refractivity (Wildman–Crippen MR) is 86.2 cm³/mol. The van der Waals surface area contributed by atoms with Crippen LogP contribution in [0.15, 0.2) is 29.2 Å². The van der Waals surface area contributed by atoms with E-state index in [4.69, 9.17) is 0 Å². The molecule has 1 saturated carbocycles. The zero-order valence-corrected chi connectivity index (χ0v) is 13.9. The highest BCUT2D eigenvalue weighted by molar-refractivity contribution is 7.89. The van der Waals surface area contributed by atoms with Gasteiger partial charge in [-0.1, -0.05) is 32.8 Å². The molecule has 2 N–H and O–H groups in total. The van der Waals surface area contributed by atoms with Gasteiger partial charge in [0.25, 0.3) is 5.91 Å². The van der Waals surface area contributed by atoms with E-state index in [-0.39, 0.29) is 16.8 Å². The monoisotopic (exact) mass is 324 g/mol. The molecule has 22 heavy (non-hydrogen) atoms. The van der Waals surface area contributed by atoms with Crippen LogP contribution in [0.4, 0.5) is 0 Å². The van der Waals surface area contributed by atoms with Crippen LogP contribution in [0.1, 0.15) is 49.9 Å². The van der Waals surface area contributed by atoms with Gasteiger partial charge in [0.2, 0.25) is 10.0 Å². The number of benzene rings is 1. The summed E-state index contributed by atoms with van der Waals surface area (Å²) < 4.78 is 26.4. The van der Waals surface area contributed by atoms with Gasteiger partial charge >= 0.3 is 0 Å². The zero-order chi connectivity index (χ0) is 16.2. The molecule has 122 valence electrons. The minimum absolute atomic E-state index is 0.124. The molecule has 1 aliphatic carbocycles. The molecule has 1 aromatic rings. The van der Waals surface area contributed by atoms with Gasteiger partial charge in [-0.3, -0.25) is 4.79 Å². The fourth-order valence-electron chi connectivity index (χ4n) is 2.91. The van der Waals surface area contributed by atoms with Crippen molar-refractivity contribution in [3.63, 3.8) is 0 Å². The van der Waals surface area contributed by atoms with Crippen molar-refractivity contribution in [2.24, 2.45) is 5.92 Å². The first kappa shape index (κ1) is 17.0. The fraction of sp³-hybridized carbons (Fsp3) is 0.562. The predicted octanol–water partition coefficient (Wildman–Crippen LogP) is 2.29. The summed E-state index contributed by atoms with van der Waals surface area (Å²) in [7, 11) is -3.54. The van der Waals surface area contributed by atoms with E-state index in [2.05, 4.69) is 17.0 Å². The highest BCUT2D eigenvalue weighted by Crippen LogP contribution is 2.23. The molecule has 0 radical (unpaired) electrons. The molecular formula is C16H24N2O3S. The van der Waals surface area contributed by atoms with Crippen LogP contribution >= 0.6 is 0 Å². The second-order valence-electron chi connectivity index (χ2n) is 5.97. The van der Waals surface area contributed by atoms with Crippen LogP contribution in [0.3, 0.4) is 0 Å². The van der Waals surface area contributed by atoms with E-state index in [1.54, 1.807) is 19.1 Å². The molecule has 2 rings (SSSR count). The van der Waals surface area contributed by atoms with Gasteiger partial charge in [-0.05, 0) is 37.0 Å². The molecule has 0 aromatic heterocycles. The summed E-state index contributed by atoms with van der Waals surface area (Å²) in [4.78, 5) is 12.5. The Labute approximate surface area is 132 Å². The summed E-state index contributed by atoms with van der Waals surface area (Å²) in [6, 6.07) is 6.36. The number of sulfonamides is 1.